The van der Waals surface area contributed by atoms with Gasteiger partial charge in [0.2, 0.25) is 0 Å². The number of nitrogens with zero attached hydrogens (tertiary/aromatic N) is 4. The minimum atomic E-state index is -1.02. The number of rotatable bonds is 2. The Labute approximate surface area is 91.6 Å². The van der Waals surface area contributed by atoms with E-state index in [1.54, 1.807) is 20.2 Å². The SMILES string of the molecule is Cc1nccnc1-c1c(C(=O)O)cnn1C. The van der Waals surface area contributed by atoms with E-state index in [0.29, 0.717) is 17.1 Å². The molecule has 0 bridgehead atoms. The second kappa shape index (κ2) is 3.73. The van der Waals surface area contributed by atoms with E-state index in [-0.39, 0.29) is 5.56 Å². The van der Waals surface area contributed by atoms with Crippen LogP contribution in [0.25, 0.3) is 11.4 Å². The summed E-state index contributed by atoms with van der Waals surface area (Å²) in [5.74, 6) is -1.02. The fourth-order valence-electron chi connectivity index (χ4n) is 1.51. The van der Waals surface area contributed by atoms with Crippen molar-refractivity contribution in [2.45, 2.75) is 6.92 Å². The minimum Gasteiger partial charge on any atom is -0.478 e. The molecule has 82 valence electrons. The lowest BCUT2D eigenvalue weighted by molar-refractivity contribution is 0.0697. The first-order valence-electron chi connectivity index (χ1n) is 4.64. The van der Waals surface area contributed by atoms with Gasteiger partial charge in [0.05, 0.1) is 11.9 Å². The molecule has 2 heterocycles. The number of hydrogen-bond acceptors (Lipinski definition) is 4. The van der Waals surface area contributed by atoms with Crippen LogP contribution in [0.4, 0.5) is 0 Å². The third-order valence-corrected chi connectivity index (χ3v) is 2.27. The summed E-state index contributed by atoms with van der Waals surface area (Å²) in [5.41, 5.74) is 1.82. The average molecular weight is 218 g/mol. The van der Waals surface area contributed by atoms with Gasteiger partial charge >= 0.3 is 5.97 Å². The van der Waals surface area contributed by atoms with Crippen LogP contribution in [-0.2, 0) is 7.05 Å². The van der Waals surface area contributed by atoms with Crippen LogP contribution < -0.4 is 0 Å². The molecule has 2 aromatic rings. The van der Waals surface area contributed by atoms with Gasteiger partial charge in [0.25, 0.3) is 0 Å². The Kier molecular flexibility index (Phi) is 2.40. The largest absolute Gasteiger partial charge is 0.478 e. The first kappa shape index (κ1) is 10.3. The number of aromatic nitrogens is 4. The minimum absolute atomic E-state index is 0.131. The van der Waals surface area contributed by atoms with E-state index in [0.717, 1.165) is 0 Å². The van der Waals surface area contributed by atoms with Gasteiger partial charge in [-0.15, -0.1) is 0 Å². The van der Waals surface area contributed by atoms with Crippen LogP contribution in [0.2, 0.25) is 0 Å². The van der Waals surface area contributed by atoms with Gasteiger partial charge in [-0.05, 0) is 6.92 Å². The fourth-order valence-corrected chi connectivity index (χ4v) is 1.51. The van der Waals surface area contributed by atoms with Gasteiger partial charge in [-0.25, -0.2) is 4.79 Å². The average Bonchev–Trinajstić information content (AvgIpc) is 2.61. The van der Waals surface area contributed by atoms with Crippen molar-refractivity contribution in [1.82, 2.24) is 19.7 Å². The van der Waals surface area contributed by atoms with Gasteiger partial charge in [0.1, 0.15) is 17.0 Å². The molecule has 0 unspecified atom stereocenters. The van der Waals surface area contributed by atoms with Crippen LogP contribution in [0.3, 0.4) is 0 Å². The maximum atomic E-state index is 11.0. The Morgan fingerprint density at radius 2 is 2.06 bits per heavy atom. The van der Waals surface area contributed by atoms with Crippen molar-refractivity contribution >= 4 is 5.97 Å². The predicted molar refractivity (Wildman–Crippen MR) is 55.9 cm³/mol. The summed E-state index contributed by atoms with van der Waals surface area (Å²) in [4.78, 5) is 19.2. The van der Waals surface area contributed by atoms with Crippen LogP contribution in [0.1, 0.15) is 16.1 Å². The van der Waals surface area contributed by atoms with E-state index in [4.69, 9.17) is 5.11 Å². The number of carboxylic acid groups (broad SMARTS) is 1. The maximum Gasteiger partial charge on any atom is 0.339 e. The lowest BCUT2D eigenvalue weighted by Gasteiger charge is -2.05. The molecule has 0 radical (unpaired) electrons. The topological polar surface area (TPSA) is 80.9 Å². The fraction of sp³-hybridized carbons (Fsp3) is 0.200. The van der Waals surface area contributed by atoms with Gasteiger partial charge in [-0.2, -0.15) is 5.10 Å². The first-order valence-corrected chi connectivity index (χ1v) is 4.64. The van der Waals surface area contributed by atoms with E-state index in [9.17, 15) is 4.79 Å². The maximum absolute atomic E-state index is 11.0. The zero-order chi connectivity index (χ0) is 11.7. The zero-order valence-electron chi connectivity index (χ0n) is 8.88. The molecular weight excluding hydrogens is 208 g/mol. The highest BCUT2D eigenvalue weighted by molar-refractivity contribution is 5.94. The van der Waals surface area contributed by atoms with Crippen LogP contribution >= 0.6 is 0 Å². The first-order chi connectivity index (χ1) is 7.61. The summed E-state index contributed by atoms with van der Waals surface area (Å²) < 4.78 is 1.49. The second-order valence-corrected chi connectivity index (χ2v) is 3.33. The number of carboxylic acids is 1. The standard InChI is InChI=1S/C10H10N4O2/c1-6-8(12-4-3-11-6)9-7(10(15)16)5-13-14(9)2/h3-5H,1-2H3,(H,15,16). The third-order valence-electron chi connectivity index (χ3n) is 2.27. The van der Waals surface area contributed by atoms with Crippen LogP contribution in [0.5, 0.6) is 0 Å². The highest BCUT2D eigenvalue weighted by atomic mass is 16.4. The molecule has 6 nitrogen and oxygen atoms in total. The molecule has 2 aromatic heterocycles. The summed E-state index contributed by atoms with van der Waals surface area (Å²) in [6.45, 7) is 1.78. The van der Waals surface area contributed by atoms with Crippen molar-refractivity contribution < 1.29 is 9.90 Å². The van der Waals surface area contributed by atoms with Gasteiger partial charge < -0.3 is 5.11 Å². The number of hydrogen-bond donors (Lipinski definition) is 1. The summed E-state index contributed by atoms with van der Waals surface area (Å²) >= 11 is 0. The smallest absolute Gasteiger partial charge is 0.339 e. The molecule has 0 aliphatic heterocycles. The highest BCUT2D eigenvalue weighted by Crippen LogP contribution is 2.22. The van der Waals surface area contributed by atoms with Crippen LogP contribution in [0.15, 0.2) is 18.6 Å². The molecule has 0 fully saturated rings. The molecular formula is C10H10N4O2. The van der Waals surface area contributed by atoms with Crippen molar-refractivity contribution in [3.63, 3.8) is 0 Å². The Hall–Kier alpha value is -2.24. The van der Waals surface area contributed by atoms with Crippen molar-refractivity contribution in [1.29, 1.82) is 0 Å². The van der Waals surface area contributed by atoms with Gasteiger partial charge in [0.15, 0.2) is 0 Å². The summed E-state index contributed by atoms with van der Waals surface area (Å²) in [6.07, 6.45) is 4.41. The number of aryl methyl sites for hydroxylation is 2. The summed E-state index contributed by atoms with van der Waals surface area (Å²) in [5, 5.41) is 13.0. The molecule has 2 rings (SSSR count). The van der Waals surface area contributed by atoms with Gasteiger partial charge in [-0.3, -0.25) is 14.6 Å². The van der Waals surface area contributed by atoms with E-state index >= 15 is 0 Å². The Morgan fingerprint density at radius 3 is 2.69 bits per heavy atom. The molecule has 0 aliphatic carbocycles. The molecule has 0 aliphatic rings. The van der Waals surface area contributed by atoms with E-state index in [1.165, 1.54) is 17.1 Å². The lowest BCUT2D eigenvalue weighted by Crippen LogP contribution is -2.04. The lowest BCUT2D eigenvalue weighted by atomic mass is 10.1. The van der Waals surface area contributed by atoms with Crippen molar-refractivity contribution in [3.05, 3.63) is 29.8 Å². The molecule has 0 spiro atoms. The molecule has 0 saturated heterocycles. The molecule has 16 heavy (non-hydrogen) atoms. The molecule has 0 aromatic carbocycles. The second-order valence-electron chi connectivity index (χ2n) is 3.33. The summed E-state index contributed by atoms with van der Waals surface area (Å²) in [6, 6.07) is 0. The van der Waals surface area contributed by atoms with Crippen LogP contribution in [0, 0.1) is 6.92 Å². The third kappa shape index (κ3) is 1.54. The van der Waals surface area contributed by atoms with E-state index < -0.39 is 5.97 Å². The Balaban J connectivity index is 2.68. The Morgan fingerprint density at radius 1 is 1.38 bits per heavy atom. The monoisotopic (exact) mass is 218 g/mol. The van der Waals surface area contributed by atoms with Crippen molar-refractivity contribution in [2.24, 2.45) is 7.05 Å². The van der Waals surface area contributed by atoms with Crippen molar-refractivity contribution in [2.75, 3.05) is 0 Å². The molecule has 0 amide bonds. The molecule has 0 saturated carbocycles. The van der Waals surface area contributed by atoms with Gasteiger partial charge in [0, 0.05) is 19.4 Å². The summed E-state index contributed by atoms with van der Waals surface area (Å²) in [7, 11) is 1.68. The highest BCUT2D eigenvalue weighted by Gasteiger charge is 2.19. The van der Waals surface area contributed by atoms with Crippen LogP contribution in [-0.4, -0.2) is 30.8 Å². The Bertz CT molecular complexity index is 548. The molecule has 0 atom stereocenters. The van der Waals surface area contributed by atoms with E-state index in [2.05, 4.69) is 15.1 Å². The van der Waals surface area contributed by atoms with Gasteiger partial charge in [-0.1, -0.05) is 0 Å². The molecule has 1 N–H and O–H groups in total. The quantitative estimate of drug-likeness (QED) is 0.809. The predicted octanol–water partition coefficient (Wildman–Crippen LogP) is 0.884. The molecule has 6 heteroatoms. The van der Waals surface area contributed by atoms with E-state index in [1.807, 2.05) is 0 Å². The number of aromatic carboxylic acids is 1. The normalized spacial score (nSPS) is 10.4. The zero-order valence-corrected chi connectivity index (χ0v) is 8.88. The van der Waals surface area contributed by atoms with Crippen molar-refractivity contribution in [3.8, 4) is 11.4 Å². The number of carbonyl (C=O) groups is 1.